The molecule has 2 aromatic rings. The van der Waals surface area contributed by atoms with E-state index < -0.39 is 0 Å². The van der Waals surface area contributed by atoms with Crippen LogP contribution in [-0.2, 0) is 6.42 Å². The van der Waals surface area contributed by atoms with Gasteiger partial charge in [0.15, 0.2) is 0 Å². The lowest BCUT2D eigenvalue weighted by atomic mass is 10.1. The number of hydrogen-bond acceptors (Lipinski definition) is 3. The number of nitrogens with zero attached hydrogens (tertiary/aromatic N) is 1. The normalized spacial score (nSPS) is 13.7. The van der Waals surface area contributed by atoms with Gasteiger partial charge < -0.3 is 10.6 Å². The first-order chi connectivity index (χ1) is 10.7. The molecule has 0 aliphatic heterocycles. The molecule has 1 aliphatic carbocycles. The van der Waals surface area contributed by atoms with Crippen LogP contribution in [0, 0.1) is 5.82 Å². The maximum absolute atomic E-state index is 13.5. The fourth-order valence-corrected chi connectivity index (χ4v) is 2.18. The fraction of sp³-hybridized carbons (Fsp3) is 0.294. The molecule has 0 spiro atoms. The predicted molar refractivity (Wildman–Crippen MR) is 83.3 cm³/mol. The molecule has 0 radical (unpaired) electrons. The number of pyridine rings is 1. The van der Waals surface area contributed by atoms with Crippen LogP contribution in [0.5, 0.6) is 0 Å². The lowest BCUT2D eigenvalue weighted by Crippen LogP contribution is -2.26. The van der Waals surface area contributed by atoms with E-state index in [1.165, 1.54) is 18.9 Å². The summed E-state index contributed by atoms with van der Waals surface area (Å²) in [5.74, 6) is -0.486. The SMILES string of the molecule is O=C(NCCc1ccccc1F)c1ccc(NC2CC2)cn1. The molecule has 3 rings (SSSR count). The Kier molecular flexibility index (Phi) is 4.32. The summed E-state index contributed by atoms with van der Waals surface area (Å²) in [4.78, 5) is 16.1. The van der Waals surface area contributed by atoms with Gasteiger partial charge in [0, 0.05) is 12.6 Å². The Morgan fingerprint density at radius 2 is 2.05 bits per heavy atom. The van der Waals surface area contributed by atoms with Gasteiger partial charge >= 0.3 is 0 Å². The molecule has 1 aromatic heterocycles. The second-order valence-corrected chi connectivity index (χ2v) is 5.45. The van der Waals surface area contributed by atoms with Crippen LogP contribution in [0.2, 0.25) is 0 Å². The van der Waals surface area contributed by atoms with Crippen LogP contribution in [0.3, 0.4) is 0 Å². The molecule has 1 aliphatic rings. The average molecular weight is 299 g/mol. The van der Waals surface area contributed by atoms with E-state index in [0.717, 1.165) is 5.69 Å². The maximum atomic E-state index is 13.5. The van der Waals surface area contributed by atoms with E-state index in [2.05, 4.69) is 15.6 Å². The standard InChI is InChI=1S/C17H18FN3O/c18-15-4-2-1-3-12(15)9-10-19-17(22)16-8-7-14(11-20-16)21-13-5-6-13/h1-4,7-8,11,13,21H,5-6,9-10H2,(H,19,22). The van der Waals surface area contributed by atoms with Crippen molar-refractivity contribution in [3.63, 3.8) is 0 Å². The van der Waals surface area contributed by atoms with Crippen LogP contribution in [0.4, 0.5) is 10.1 Å². The third-order valence-corrected chi connectivity index (χ3v) is 3.58. The lowest BCUT2D eigenvalue weighted by molar-refractivity contribution is 0.0949. The molecule has 1 amide bonds. The summed E-state index contributed by atoms with van der Waals surface area (Å²) in [6.07, 6.45) is 4.51. The van der Waals surface area contributed by atoms with Crippen molar-refractivity contribution in [2.45, 2.75) is 25.3 Å². The molecule has 1 saturated carbocycles. The van der Waals surface area contributed by atoms with Gasteiger partial charge in [-0.15, -0.1) is 0 Å². The topological polar surface area (TPSA) is 54.0 Å². The Labute approximate surface area is 128 Å². The molecule has 114 valence electrons. The predicted octanol–water partition coefficient (Wildman–Crippen LogP) is 2.77. The molecule has 4 nitrogen and oxygen atoms in total. The minimum Gasteiger partial charge on any atom is -0.381 e. The molecule has 0 atom stereocenters. The number of carbonyl (C=O) groups excluding carboxylic acids is 1. The van der Waals surface area contributed by atoms with Crippen LogP contribution < -0.4 is 10.6 Å². The van der Waals surface area contributed by atoms with Crippen molar-refractivity contribution in [3.05, 3.63) is 59.7 Å². The van der Waals surface area contributed by atoms with Gasteiger partial charge in [0.1, 0.15) is 11.5 Å². The van der Waals surface area contributed by atoms with Crippen LogP contribution >= 0.6 is 0 Å². The third kappa shape index (κ3) is 3.81. The minimum atomic E-state index is -0.245. The Morgan fingerprint density at radius 1 is 1.23 bits per heavy atom. The summed E-state index contributed by atoms with van der Waals surface area (Å²) >= 11 is 0. The third-order valence-electron chi connectivity index (χ3n) is 3.58. The van der Waals surface area contributed by atoms with Crippen molar-refractivity contribution in [3.8, 4) is 0 Å². The van der Waals surface area contributed by atoms with Crippen molar-refractivity contribution in [2.24, 2.45) is 0 Å². The average Bonchev–Trinajstić information content (AvgIpc) is 3.34. The van der Waals surface area contributed by atoms with Crippen LogP contribution in [-0.4, -0.2) is 23.5 Å². The zero-order valence-electron chi connectivity index (χ0n) is 12.2. The van der Waals surface area contributed by atoms with Crippen LogP contribution in [0.25, 0.3) is 0 Å². The number of hydrogen-bond donors (Lipinski definition) is 2. The quantitative estimate of drug-likeness (QED) is 0.862. The van der Waals surface area contributed by atoms with Gasteiger partial charge in [-0.3, -0.25) is 4.79 Å². The molecular formula is C17H18FN3O. The van der Waals surface area contributed by atoms with Gasteiger partial charge in [-0.05, 0) is 43.0 Å². The molecule has 5 heteroatoms. The smallest absolute Gasteiger partial charge is 0.269 e. The number of amides is 1. The fourth-order valence-electron chi connectivity index (χ4n) is 2.18. The van der Waals surface area contributed by atoms with Gasteiger partial charge in [-0.25, -0.2) is 9.37 Å². The zero-order chi connectivity index (χ0) is 15.4. The first-order valence-corrected chi connectivity index (χ1v) is 7.46. The van der Waals surface area contributed by atoms with E-state index in [4.69, 9.17) is 0 Å². The number of benzene rings is 1. The number of aromatic nitrogens is 1. The highest BCUT2D eigenvalue weighted by molar-refractivity contribution is 5.92. The molecule has 0 bridgehead atoms. The highest BCUT2D eigenvalue weighted by Gasteiger charge is 2.20. The van der Waals surface area contributed by atoms with Gasteiger partial charge in [-0.1, -0.05) is 18.2 Å². The van der Waals surface area contributed by atoms with E-state index in [-0.39, 0.29) is 11.7 Å². The van der Waals surface area contributed by atoms with E-state index in [0.29, 0.717) is 30.3 Å². The summed E-state index contributed by atoms with van der Waals surface area (Å²) in [5.41, 5.74) is 1.90. The summed E-state index contributed by atoms with van der Waals surface area (Å²) in [7, 11) is 0. The van der Waals surface area contributed by atoms with E-state index in [1.54, 1.807) is 30.5 Å². The monoisotopic (exact) mass is 299 g/mol. The van der Waals surface area contributed by atoms with Crippen molar-refractivity contribution in [2.75, 3.05) is 11.9 Å². The number of nitrogens with one attached hydrogen (secondary N) is 2. The highest BCUT2D eigenvalue weighted by atomic mass is 19.1. The second-order valence-electron chi connectivity index (χ2n) is 5.45. The Bertz CT molecular complexity index is 653. The van der Waals surface area contributed by atoms with Crippen molar-refractivity contribution >= 4 is 11.6 Å². The van der Waals surface area contributed by atoms with E-state index in [1.807, 2.05) is 6.07 Å². The molecule has 22 heavy (non-hydrogen) atoms. The molecule has 1 fully saturated rings. The van der Waals surface area contributed by atoms with E-state index >= 15 is 0 Å². The lowest BCUT2D eigenvalue weighted by Gasteiger charge is -2.07. The first kappa shape index (κ1) is 14.5. The summed E-state index contributed by atoms with van der Waals surface area (Å²) in [6.45, 7) is 0.378. The van der Waals surface area contributed by atoms with E-state index in [9.17, 15) is 9.18 Å². The number of anilines is 1. The zero-order valence-corrected chi connectivity index (χ0v) is 12.2. The number of halogens is 1. The van der Waals surface area contributed by atoms with Gasteiger partial charge in [0.25, 0.3) is 5.91 Å². The summed E-state index contributed by atoms with van der Waals surface area (Å²) < 4.78 is 13.5. The highest BCUT2D eigenvalue weighted by Crippen LogP contribution is 2.24. The van der Waals surface area contributed by atoms with Gasteiger partial charge in [0.05, 0.1) is 11.9 Å². The largest absolute Gasteiger partial charge is 0.381 e. The Morgan fingerprint density at radius 3 is 2.73 bits per heavy atom. The first-order valence-electron chi connectivity index (χ1n) is 7.46. The van der Waals surface area contributed by atoms with Gasteiger partial charge in [0.2, 0.25) is 0 Å². The van der Waals surface area contributed by atoms with Crippen LogP contribution in [0.1, 0.15) is 28.9 Å². The molecule has 0 unspecified atom stereocenters. The molecule has 2 N–H and O–H groups in total. The Balaban J connectivity index is 1.50. The second kappa shape index (κ2) is 6.56. The molecular weight excluding hydrogens is 281 g/mol. The summed E-state index contributed by atoms with van der Waals surface area (Å²) in [6, 6.07) is 10.7. The number of rotatable bonds is 6. The number of carbonyl (C=O) groups is 1. The van der Waals surface area contributed by atoms with Crippen molar-refractivity contribution < 1.29 is 9.18 Å². The molecule has 1 heterocycles. The maximum Gasteiger partial charge on any atom is 0.269 e. The van der Waals surface area contributed by atoms with Crippen molar-refractivity contribution in [1.29, 1.82) is 0 Å². The summed E-state index contributed by atoms with van der Waals surface area (Å²) in [5, 5.41) is 6.08. The molecule has 1 aromatic carbocycles. The minimum absolute atomic E-state index is 0.241. The van der Waals surface area contributed by atoms with Crippen molar-refractivity contribution in [1.82, 2.24) is 10.3 Å². The molecule has 0 saturated heterocycles. The Hall–Kier alpha value is -2.43. The van der Waals surface area contributed by atoms with Gasteiger partial charge in [-0.2, -0.15) is 0 Å². The van der Waals surface area contributed by atoms with Crippen LogP contribution in [0.15, 0.2) is 42.6 Å².